The number of anilines is 2. The van der Waals surface area contributed by atoms with E-state index in [0.717, 1.165) is 30.8 Å². The molecule has 0 amide bonds. The Morgan fingerprint density at radius 3 is 3.12 bits per heavy atom. The summed E-state index contributed by atoms with van der Waals surface area (Å²) in [7, 11) is 0. The number of ether oxygens (including phenoxy) is 1. The van der Waals surface area contributed by atoms with E-state index >= 15 is 0 Å². The van der Waals surface area contributed by atoms with Gasteiger partial charge in [-0.2, -0.15) is 4.98 Å². The van der Waals surface area contributed by atoms with E-state index in [2.05, 4.69) is 22.2 Å². The number of aromatic nitrogens is 2. The van der Waals surface area contributed by atoms with Gasteiger partial charge in [-0.05, 0) is 26.7 Å². The monoisotopic (exact) mass is 222 g/mol. The number of hydrogen-bond acceptors (Lipinski definition) is 5. The van der Waals surface area contributed by atoms with Gasteiger partial charge < -0.3 is 15.8 Å². The van der Waals surface area contributed by atoms with Crippen LogP contribution in [0.4, 0.5) is 11.8 Å². The van der Waals surface area contributed by atoms with Crippen molar-refractivity contribution in [3.63, 3.8) is 0 Å². The van der Waals surface area contributed by atoms with E-state index in [1.54, 1.807) is 6.20 Å². The number of aryl methyl sites for hydroxylation is 1. The van der Waals surface area contributed by atoms with Gasteiger partial charge in [-0.25, -0.2) is 4.98 Å². The molecule has 5 heteroatoms. The van der Waals surface area contributed by atoms with Crippen LogP contribution < -0.4 is 11.1 Å². The average Bonchev–Trinajstić information content (AvgIpc) is 2.76. The molecule has 5 nitrogen and oxygen atoms in total. The summed E-state index contributed by atoms with van der Waals surface area (Å²) in [5.41, 5.74) is 6.56. The highest BCUT2D eigenvalue weighted by Gasteiger charge is 2.22. The topological polar surface area (TPSA) is 73.1 Å². The maximum absolute atomic E-state index is 5.62. The van der Waals surface area contributed by atoms with E-state index in [0.29, 0.717) is 5.95 Å². The summed E-state index contributed by atoms with van der Waals surface area (Å²) >= 11 is 0. The van der Waals surface area contributed by atoms with Crippen LogP contribution in [0.15, 0.2) is 6.20 Å². The highest BCUT2D eigenvalue weighted by Crippen LogP contribution is 2.19. The molecule has 2 atom stereocenters. The van der Waals surface area contributed by atoms with Gasteiger partial charge in [0.15, 0.2) is 0 Å². The molecular weight excluding hydrogens is 204 g/mol. The van der Waals surface area contributed by atoms with Crippen molar-refractivity contribution in [1.29, 1.82) is 0 Å². The van der Waals surface area contributed by atoms with Gasteiger partial charge in [0.1, 0.15) is 5.82 Å². The summed E-state index contributed by atoms with van der Waals surface area (Å²) in [6, 6.07) is 0.246. The van der Waals surface area contributed by atoms with E-state index < -0.39 is 0 Å². The summed E-state index contributed by atoms with van der Waals surface area (Å²) in [5.74, 6) is 1.10. The van der Waals surface area contributed by atoms with Crippen LogP contribution in [-0.2, 0) is 4.74 Å². The van der Waals surface area contributed by atoms with Gasteiger partial charge in [0.25, 0.3) is 0 Å². The van der Waals surface area contributed by atoms with Gasteiger partial charge in [-0.15, -0.1) is 0 Å². The van der Waals surface area contributed by atoms with E-state index in [4.69, 9.17) is 10.5 Å². The molecule has 1 aliphatic rings. The van der Waals surface area contributed by atoms with Gasteiger partial charge in [-0.1, -0.05) is 0 Å². The van der Waals surface area contributed by atoms with Gasteiger partial charge >= 0.3 is 0 Å². The fraction of sp³-hybridized carbons (Fsp3) is 0.636. The molecule has 2 unspecified atom stereocenters. The first kappa shape index (κ1) is 11.1. The second-order valence-electron chi connectivity index (χ2n) is 4.24. The Labute approximate surface area is 95.4 Å². The summed E-state index contributed by atoms with van der Waals surface area (Å²) in [4.78, 5) is 8.12. The van der Waals surface area contributed by atoms with E-state index in [9.17, 15) is 0 Å². The summed E-state index contributed by atoms with van der Waals surface area (Å²) in [5, 5.41) is 3.34. The molecule has 1 aromatic rings. The summed E-state index contributed by atoms with van der Waals surface area (Å²) < 4.78 is 5.62. The normalized spacial score (nSPS) is 22.0. The Hall–Kier alpha value is -1.36. The van der Waals surface area contributed by atoms with E-state index in [1.807, 2.05) is 6.92 Å². The quantitative estimate of drug-likeness (QED) is 0.807. The van der Waals surface area contributed by atoms with E-state index in [-0.39, 0.29) is 12.1 Å². The average molecular weight is 222 g/mol. The van der Waals surface area contributed by atoms with Crippen LogP contribution >= 0.6 is 0 Å². The minimum atomic E-state index is 0.246. The first-order valence-corrected chi connectivity index (χ1v) is 5.64. The second kappa shape index (κ2) is 4.65. The number of nitrogens with zero attached hydrogens (tertiary/aromatic N) is 2. The maximum atomic E-state index is 5.62. The molecule has 3 N–H and O–H groups in total. The van der Waals surface area contributed by atoms with Crippen molar-refractivity contribution in [2.45, 2.75) is 38.8 Å². The Balaban J connectivity index is 2.04. The fourth-order valence-electron chi connectivity index (χ4n) is 1.91. The van der Waals surface area contributed by atoms with Crippen molar-refractivity contribution < 1.29 is 4.74 Å². The Kier molecular flexibility index (Phi) is 3.24. The molecule has 2 rings (SSSR count). The number of nitrogen functional groups attached to an aromatic ring is 1. The lowest BCUT2D eigenvalue weighted by Gasteiger charge is -2.21. The standard InChI is InChI=1S/C11H18N4O/c1-7-6-13-11(12)15-10(7)14-8(2)9-4-3-5-16-9/h6,8-9H,3-5H2,1-2H3,(H3,12,13,14,15). The molecule has 0 bridgehead atoms. The van der Waals surface area contributed by atoms with Crippen LogP contribution in [0.25, 0.3) is 0 Å². The molecule has 88 valence electrons. The largest absolute Gasteiger partial charge is 0.376 e. The van der Waals surface area contributed by atoms with Crippen LogP contribution in [0, 0.1) is 6.92 Å². The van der Waals surface area contributed by atoms with Crippen molar-refractivity contribution in [3.8, 4) is 0 Å². The van der Waals surface area contributed by atoms with Crippen LogP contribution in [-0.4, -0.2) is 28.7 Å². The van der Waals surface area contributed by atoms with Gasteiger partial charge in [0.2, 0.25) is 5.95 Å². The lowest BCUT2D eigenvalue weighted by molar-refractivity contribution is 0.0995. The molecular formula is C11H18N4O. The Morgan fingerprint density at radius 2 is 2.44 bits per heavy atom. The molecule has 16 heavy (non-hydrogen) atoms. The minimum Gasteiger partial charge on any atom is -0.376 e. The lowest BCUT2D eigenvalue weighted by atomic mass is 10.1. The molecule has 0 spiro atoms. The molecule has 1 fully saturated rings. The zero-order chi connectivity index (χ0) is 11.5. The minimum absolute atomic E-state index is 0.246. The summed E-state index contributed by atoms with van der Waals surface area (Å²) in [6.07, 6.45) is 4.25. The highest BCUT2D eigenvalue weighted by atomic mass is 16.5. The number of hydrogen-bond donors (Lipinski definition) is 2. The highest BCUT2D eigenvalue weighted by molar-refractivity contribution is 5.45. The summed E-state index contributed by atoms with van der Waals surface area (Å²) in [6.45, 7) is 4.93. The fourth-order valence-corrected chi connectivity index (χ4v) is 1.91. The molecule has 2 heterocycles. The second-order valence-corrected chi connectivity index (χ2v) is 4.24. The van der Waals surface area contributed by atoms with Crippen molar-refractivity contribution in [3.05, 3.63) is 11.8 Å². The predicted molar refractivity (Wildman–Crippen MR) is 63.2 cm³/mol. The van der Waals surface area contributed by atoms with Gasteiger partial charge in [0, 0.05) is 18.4 Å². The number of nitrogens with two attached hydrogens (primary N) is 1. The third-order valence-corrected chi connectivity index (χ3v) is 2.88. The zero-order valence-electron chi connectivity index (χ0n) is 9.73. The Morgan fingerprint density at radius 1 is 1.62 bits per heavy atom. The maximum Gasteiger partial charge on any atom is 0.221 e. The molecule has 1 aromatic heterocycles. The van der Waals surface area contributed by atoms with Crippen molar-refractivity contribution in [2.24, 2.45) is 0 Å². The first-order valence-electron chi connectivity index (χ1n) is 5.64. The predicted octanol–water partition coefficient (Wildman–Crippen LogP) is 1.35. The van der Waals surface area contributed by atoms with Gasteiger partial charge in [0.05, 0.1) is 12.1 Å². The third-order valence-electron chi connectivity index (χ3n) is 2.88. The zero-order valence-corrected chi connectivity index (χ0v) is 9.73. The molecule has 0 aliphatic carbocycles. The molecule has 1 saturated heterocycles. The van der Waals surface area contributed by atoms with Crippen LogP contribution in [0.5, 0.6) is 0 Å². The molecule has 0 aromatic carbocycles. The van der Waals surface area contributed by atoms with Crippen molar-refractivity contribution in [2.75, 3.05) is 17.7 Å². The van der Waals surface area contributed by atoms with Crippen LogP contribution in [0.2, 0.25) is 0 Å². The van der Waals surface area contributed by atoms with Crippen LogP contribution in [0.1, 0.15) is 25.3 Å². The first-order chi connectivity index (χ1) is 7.66. The van der Waals surface area contributed by atoms with Crippen molar-refractivity contribution in [1.82, 2.24) is 9.97 Å². The molecule has 0 saturated carbocycles. The molecule has 0 radical (unpaired) electrons. The smallest absolute Gasteiger partial charge is 0.221 e. The Bertz CT molecular complexity index is 363. The van der Waals surface area contributed by atoms with Crippen molar-refractivity contribution >= 4 is 11.8 Å². The third kappa shape index (κ3) is 2.41. The van der Waals surface area contributed by atoms with Gasteiger partial charge in [-0.3, -0.25) is 0 Å². The number of rotatable bonds is 3. The molecule has 1 aliphatic heterocycles. The van der Waals surface area contributed by atoms with E-state index in [1.165, 1.54) is 0 Å². The lowest BCUT2D eigenvalue weighted by Crippen LogP contribution is -2.30. The number of nitrogens with one attached hydrogen (secondary N) is 1. The van der Waals surface area contributed by atoms with Crippen LogP contribution in [0.3, 0.4) is 0 Å². The SMILES string of the molecule is Cc1cnc(N)nc1NC(C)C1CCCO1.